The predicted molar refractivity (Wildman–Crippen MR) is 99.1 cm³/mol. The Kier molecular flexibility index (Phi) is 4.98. The van der Waals surface area contributed by atoms with Crippen molar-refractivity contribution in [2.75, 3.05) is 6.61 Å². The molecule has 0 aliphatic rings. The van der Waals surface area contributed by atoms with Gasteiger partial charge in [0.2, 0.25) is 5.43 Å². The molecule has 0 N–H and O–H groups in total. The van der Waals surface area contributed by atoms with Crippen LogP contribution in [-0.2, 0) is 17.7 Å². The van der Waals surface area contributed by atoms with Crippen LogP contribution in [0.25, 0.3) is 10.9 Å². The average molecular weight is 335 g/mol. The fourth-order valence-corrected chi connectivity index (χ4v) is 3.00. The molecule has 0 amide bonds. The van der Waals surface area contributed by atoms with Crippen LogP contribution in [0.2, 0.25) is 0 Å². The van der Waals surface area contributed by atoms with E-state index >= 15 is 0 Å². The van der Waals surface area contributed by atoms with Crippen molar-refractivity contribution in [2.45, 2.75) is 26.8 Å². The Balaban J connectivity index is 2.12. The molecule has 0 saturated carbocycles. The lowest BCUT2D eigenvalue weighted by atomic mass is 10.0. The van der Waals surface area contributed by atoms with Crippen molar-refractivity contribution in [3.05, 3.63) is 81.6 Å². The summed E-state index contributed by atoms with van der Waals surface area (Å²) in [6.45, 7) is 4.63. The number of benzene rings is 2. The van der Waals surface area contributed by atoms with Crippen LogP contribution in [0, 0.1) is 0 Å². The third-order valence-corrected chi connectivity index (χ3v) is 4.23. The minimum absolute atomic E-state index is 0.0908. The fraction of sp³-hybridized carbons (Fsp3) is 0.238. The molecule has 3 aromatic rings. The number of hydrogen-bond acceptors (Lipinski definition) is 3. The molecule has 0 saturated heterocycles. The Labute approximate surface area is 146 Å². The van der Waals surface area contributed by atoms with Crippen molar-refractivity contribution >= 4 is 16.9 Å². The molecule has 0 aliphatic carbocycles. The largest absolute Gasteiger partial charge is 0.462 e. The van der Waals surface area contributed by atoms with Gasteiger partial charge in [-0.3, -0.25) is 4.79 Å². The van der Waals surface area contributed by atoms with Crippen molar-refractivity contribution < 1.29 is 9.53 Å². The van der Waals surface area contributed by atoms with Gasteiger partial charge in [-0.2, -0.15) is 0 Å². The Hall–Kier alpha value is -2.88. The molecule has 0 fully saturated rings. The molecule has 0 atom stereocenters. The summed E-state index contributed by atoms with van der Waals surface area (Å²) >= 11 is 0. The van der Waals surface area contributed by atoms with Gasteiger partial charge >= 0.3 is 5.97 Å². The lowest BCUT2D eigenvalue weighted by molar-refractivity contribution is 0.0524. The zero-order valence-corrected chi connectivity index (χ0v) is 14.5. The molecular formula is C21H21NO3. The van der Waals surface area contributed by atoms with Gasteiger partial charge in [-0.15, -0.1) is 0 Å². The monoisotopic (exact) mass is 335 g/mol. The number of aryl methyl sites for hydroxylation is 1. The summed E-state index contributed by atoms with van der Waals surface area (Å²) in [6, 6.07) is 16.0. The van der Waals surface area contributed by atoms with E-state index < -0.39 is 5.97 Å². The first kappa shape index (κ1) is 17.0. The standard InChI is InChI=1S/C21H21NO3/c1-3-22-14-18(21(24)25-4-2)20(23)17-13-16(10-11-19(17)22)12-15-8-6-5-7-9-15/h5-11,13-14H,3-4,12H2,1-2H3. The summed E-state index contributed by atoms with van der Waals surface area (Å²) in [5.41, 5.74) is 2.87. The maximum atomic E-state index is 12.8. The Morgan fingerprint density at radius 1 is 1.04 bits per heavy atom. The normalized spacial score (nSPS) is 10.8. The summed E-state index contributed by atoms with van der Waals surface area (Å²) in [5.74, 6) is -0.565. The van der Waals surface area contributed by atoms with Crippen molar-refractivity contribution in [1.29, 1.82) is 0 Å². The van der Waals surface area contributed by atoms with Crippen molar-refractivity contribution in [3.63, 3.8) is 0 Å². The highest BCUT2D eigenvalue weighted by atomic mass is 16.5. The highest BCUT2D eigenvalue weighted by molar-refractivity contribution is 5.94. The highest BCUT2D eigenvalue weighted by Gasteiger charge is 2.16. The molecule has 3 rings (SSSR count). The predicted octanol–water partition coefficient (Wildman–Crippen LogP) is 3.79. The van der Waals surface area contributed by atoms with E-state index in [1.54, 1.807) is 13.1 Å². The molecule has 25 heavy (non-hydrogen) atoms. The smallest absolute Gasteiger partial charge is 0.343 e. The number of pyridine rings is 1. The second-order valence-corrected chi connectivity index (χ2v) is 5.89. The van der Waals surface area contributed by atoms with Crippen LogP contribution >= 0.6 is 0 Å². The number of ether oxygens (including phenoxy) is 1. The third-order valence-electron chi connectivity index (χ3n) is 4.23. The van der Waals surface area contributed by atoms with Crippen LogP contribution < -0.4 is 5.43 Å². The topological polar surface area (TPSA) is 48.3 Å². The molecule has 0 unspecified atom stereocenters. The number of rotatable bonds is 5. The molecule has 0 radical (unpaired) electrons. The van der Waals surface area contributed by atoms with Crippen molar-refractivity contribution in [2.24, 2.45) is 0 Å². The van der Waals surface area contributed by atoms with Crippen LogP contribution in [-0.4, -0.2) is 17.1 Å². The number of carbonyl (C=O) groups is 1. The summed E-state index contributed by atoms with van der Waals surface area (Å²) in [5, 5.41) is 0.556. The van der Waals surface area contributed by atoms with Crippen LogP contribution in [0.3, 0.4) is 0 Å². The van der Waals surface area contributed by atoms with Gasteiger partial charge in [0.15, 0.2) is 0 Å². The van der Waals surface area contributed by atoms with E-state index in [1.807, 2.05) is 47.9 Å². The minimum Gasteiger partial charge on any atom is -0.462 e. The molecule has 4 heteroatoms. The van der Waals surface area contributed by atoms with Crippen LogP contribution in [0.1, 0.15) is 35.3 Å². The maximum Gasteiger partial charge on any atom is 0.343 e. The molecule has 0 aliphatic heterocycles. The zero-order valence-electron chi connectivity index (χ0n) is 14.5. The van der Waals surface area contributed by atoms with Gasteiger partial charge in [-0.25, -0.2) is 4.79 Å². The second-order valence-electron chi connectivity index (χ2n) is 5.89. The van der Waals surface area contributed by atoms with Gasteiger partial charge in [0.05, 0.1) is 12.1 Å². The third kappa shape index (κ3) is 3.48. The van der Waals surface area contributed by atoms with Crippen LogP contribution in [0.5, 0.6) is 0 Å². The van der Waals surface area contributed by atoms with E-state index in [0.29, 0.717) is 11.9 Å². The Morgan fingerprint density at radius 3 is 2.48 bits per heavy atom. The summed E-state index contributed by atoms with van der Waals surface area (Å²) in [4.78, 5) is 24.9. The number of esters is 1. The summed E-state index contributed by atoms with van der Waals surface area (Å²) in [7, 11) is 0. The second kappa shape index (κ2) is 7.34. The molecular weight excluding hydrogens is 314 g/mol. The Bertz CT molecular complexity index is 958. The van der Waals surface area contributed by atoms with Gasteiger partial charge in [0, 0.05) is 18.1 Å². The number of hydrogen-bond donors (Lipinski definition) is 0. The van der Waals surface area contributed by atoms with E-state index in [0.717, 1.165) is 17.5 Å². The molecule has 2 aromatic carbocycles. The first-order valence-corrected chi connectivity index (χ1v) is 8.51. The number of aromatic nitrogens is 1. The van der Waals surface area contributed by atoms with Gasteiger partial charge in [0.1, 0.15) is 5.56 Å². The van der Waals surface area contributed by atoms with E-state index in [4.69, 9.17) is 4.74 Å². The van der Waals surface area contributed by atoms with Crippen LogP contribution in [0.4, 0.5) is 0 Å². The van der Waals surface area contributed by atoms with E-state index in [9.17, 15) is 9.59 Å². The molecule has 128 valence electrons. The molecule has 1 heterocycles. The van der Waals surface area contributed by atoms with Gasteiger partial charge < -0.3 is 9.30 Å². The fourth-order valence-electron chi connectivity index (χ4n) is 3.00. The van der Waals surface area contributed by atoms with Crippen molar-refractivity contribution in [3.8, 4) is 0 Å². The quantitative estimate of drug-likeness (QED) is 0.667. The number of fused-ring (bicyclic) bond motifs is 1. The number of carbonyl (C=O) groups excluding carboxylic acids is 1. The van der Waals surface area contributed by atoms with Gasteiger partial charge in [-0.05, 0) is 43.5 Å². The summed E-state index contributed by atoms with van der Waals surface area (Å²) < 4.78 is 6.94. The summed E-state index contributed by atoms with van der Waals surface area (Å²) in [6.07, 6.45) is 2.34. The lowest BCUT2D eigenvalue weighted by Gasteiger charge is -2.12. The van der Waals surface area contributed by atoms with Crippen molar-refractivity contribution in [1.82, 2.24) is 4.57 Å². The first-order valence-electron chi connectivity index (χ1n) is 8.51. The lowest BCUT2D eigenvalue weighted by Crippen LogP contribution is -2.21. The Morgan fingerprint density at radius 2 is 1.80 bits per heavy atom. The minimum atomic E-state index is -0.565. The zero-order chi connectivity index (χ0) is 17.8. The number of nitrogens with zero attached hydrogens (tertiary/aromatic N) is 1. The molecule has 1 aromatic heterocycles. The van der Waals surface area contributed by atoms with E-state index in [-0.39, 0.29) is 17.6 Å². The highest BCUT2D eigenvalue weighted by Crippen LogP contribution is 2.17. The van der Waals surface area contributed by atoms with Gasteiger partial charge in [-0.1, -0.05) is 36.4 Å². The molecule has 4 nitrogen and oxygen atoms in total. The molecule has 0 bridgehead atoms. The van der Waals surface area contributed by atoms with E-state index in [1.165, 1.54) is 5.56 Å². The molecule has 0 spiro atoms. The van der Waals surface area contributed by atoms with E-state index in [2.05, 4.69) is 12.1 Å². The SMILES string of the molecule is CCOC(=O)c1cn(CC)c2ccc(Cc3ccccc3)cc2c1=O. The van der Waals surface area contributed by atoms with Gasteiger partial charge in [0.25, 0.3) is 0 Å². The average Bonchev–Trinajstić information content (AvgIpc) is 2.63. The van der Waals surface area contributed by atoms with Crippen LogP contribution in [0.15, 0.2) is 59.5 Å². The first-order chi connectivity index (χ1) is 12.1. The maximum absolute atomic E-state index is 12.8.